The zero-order valence-electron chi connectivity index (χ0n) is 18.3. The highest BCUT2D eigenvalue weighted by Crippen LogP contribution is 2.49. The number of rotatable bonds is 8. The summed E-state index contributed by atoms with van der Waals surface area (Å²) in [7, 11) is 0. The maximum atomic E-state index is 14.3. The molecule has 9 heteroatoms. The molecule has 3 heterocycles. The van der Waals surface area contributed by atoms with Crippen molar-refractivity contribution < 1.29 is 9.13 Å². The molecule has 2 atom stereocenters. The Labute approximate surface area is 186 Å². The molecular weight excluding hydrogens is 409 g/mol. The Morgan fingerprint density at radius 2 is 1.97 bits per heavy atom. The van der Waals surface area contributed by atoms with Crippen molar-refractivity contribution in [1.82, 2.24) is 30.2 Å². The third-order valence-corrected chi connectivity index (χ3v) is 6.78. The van der Waals surface area contributed by atoms with Gasteiger partial charge in [-0.05, 0) is 78.0 Å². The number of halogens is 1. The number of ether oxygens (including phenoxy) is 1. The van der Waals surface area contributed by atoms with Gasteiger partial charge in [-0.15, -0.1) is 5.10 Å². The molecule has 2 aromatic heterocycles. The second kappa shape index (κ2) is 9.18. The highest BCUT2D eigenvalue weighted by molar-refractivity contribution is 5.38. The van der Waals surface area contributed by atoms with Crippen LogP contribution in [0.3, 0.4) is 0 Å². The van der Waals surface area contributed by atoms with E-state index in [2.05, 4.69) is 37.3 Å². The Morgan fingerprint density at radius 1 is 1.16 bits per heavy atom. The average Bonchev–Trinajstić information content (AvgIpc) is 3.39. The highest BCUT2D eigenvalue weighted by atomic mass is 19.1. The Balaban J connectivity index is 1.05. The van der Waals surface area contributed by atoms with E-state index in [1.165, 1.54) is 41.9 Å². The summed E-state index contributed by atoms with van der Waals surface area (Å²) in [5.74, 6) is 3.29. The SMILES string of the molecule is CCc1cnc(N2CCC([C@@H]3C[C@H]3CCOc3ccc(-n4cnnn4)c(F)c3)CC2)nc1. The normalized spacial score (nSPS) is 21.0. The second-order valence-corrected chi connectivity index (χ2v) is 8.73. The molecule has 5 rings (SSSR count). The number of tetrazole rings is 1. The maximum Gasteiger partial charge on any atom is 0.225 e. The number of aromatic nitrogens is 6. The topological polar surface area (TPSA) is 81.9 Å². The molecule has 1 saturated carbocycles. The molecule has 3 aromatic rings. The Bertz CT molecular complexity index is 1020. The molecule has 0 unspecified atom stereocenters. The van der Waals surface area contributed by atoms with Gasteiger partial charge < -0.3 is 9.64 Å². The number of aryl methyl sites for hydroxylation is 1. The number of piperidine rings is 1. The smallest absolute Gasteiger partial charge is 0.225 e. The van der Waals surface area contributed by atoms with Crippen molar-refractivity contribution in [3.63, 3.8) is 0 Å². The van der Waals surface area contributed by atoms with E-state index in [9.17, 15) is 4.39 Å². The summed E-state index contributed by atoms with van der Waals surface area (Å²) in [4.78, 5) is 11.4. The van der Waals surface area contributed by atoms with Gasteiger partial charge in [0.05, 0.1) is 6.61 Å². The molecule has 0 spiro atoms. The van der Waals surface area contributed by atoms with Crippen molar-refractivity contribution in [2.75, 3.05) is 24.6 Å². The molecule has 168 valence electrons. The van der Waals surface area contributed by atoms with Gasteiger partial charge in [-0.3, -0.25) is 0 Å². The van der Waals surface area contributed by atoms with Crippen molar-refractivity contribution in [2.24, 2.45) is 17.8 Å². The fourth-order valence-electron chi connectivity index (χ4n) is 4.76. The Kier molecular flexibility index (Phi) is 5.96. The number of hydrogen-bond acceptors (Lipinski definition) is 7. The molecule has 1 aliphatic carbocycles. The standard InChI is InChI=1S/C23H28FN7O/c1-2-16-13-25-23(26-14-16)30-8-5-17(6-9-30)20-11-18(20)7-10-32-19-3-4-22(21(24)12-19)31-15-27-28-29-31/h3-4,12-15,17-18,20H,2,5-11H2,1H3/t18-,20+/m1/s1. The molecule has 8 nitrogen and oxygen atoms in total. The van der Waals surface area contributed by atoms with Crippen LogP contribution in [-0.2, 0) is 6.42 Å². The first-order valence-electron chi connectivity index (χ1n) is 11.4. The maximum absolute atomic E-state index is 14.3. The number of benzene rings is 1. The Morgan fingerprint density at radius 3 is 2.66 bits per heavy atom. The summed E-state index contributed by atoms with van der Waals surface area (Å²) < 4.78 is 21.4. The van der Waals surface area contributed by atoms with Crippen LogP contribution >= 0.6 is 0 Å². The van der Waals surface area contributed by atoms with Gasteiger partial charge in [0, 0.05) is 31.5 Å². The van der Waals surface area contributed by atoms with Crippen molar-refractivity contribution in [1.29, 1.82) is 0 Å². The van der Waals surface area contributed by atoms with Crippen LogP contribution in [0.5, 0.6) is 5.75 Å². The van der Waals surface area contributed by atoms with E-state index in [0.29, 0.717) is 18.0 Å². The summed E-state index contributed by atoms with van der Waals surface area (Å²) in [6.07, 6.45) is 10.9. The molecule has 0 bridgehead atoms. The van der Waals surface area contributed by atoms with Gasteiger partial charge in [0.2, 0.25) is 5.95 Å². The lowest BCUT2D eigenvalue weighted by Crippen LogP contribution is -2.35. The monoisotopic (exact) mass is 437 g/mol. The molecule has 2 aliphatic rings. The van der Waals surface area contributed by atoms with Gasteiger partial charge in [0.15, 0.2) is 5.82 Å². The van der Waals surface area contributed by atoms with Gasteiger partial charge in [-0.25, -0.2) is 14.4 Å². The molecular formula is C23H28FN7O. The van der Waals surface area contributed by atoms with Crippen LogP contribution < -0.4 is 9.64 Å². The van der Waals surface area contributed by atoms with Gasteiger partial charge in [-0.1, -0.05) is 6.92 Å². The van der Waals surface area contributed by atoms with Crippen LogP contribution in [0.1, 0.15) is 38.2 Å². The number of hydrogen-bond donors (Lipinski definition) is 0. The molecule has 0 amide bonds. The largest absolute Gasteiger partial charge is 0.493 e. The molecule has 1 aliphatic heterocycles. The molecule has 1 aromatic carbocycles. The lowest BCUT2D eigenvalue weighted by molar-refractivity contribution is 0.283. The van der Waals surface area contributed by atoms with E-state index in [1.807, 2.05) is 12.4 Å². The lowest BCUT2D eigenvalue weighted by atomic mass is 9.90. The van der Waals surface area contributed by atoms with Gasteiger partial charge in [-0.2, -0.15) is 4.68 Å². The minimum Gasteiger partial charge on any atom is -0.493 e. The van der Waals surface area contributed by atoms with Crippen LogP contribution in [0.4, 0.5) is 10.3 Å². The summed E-state index contributed by atoms with van der Waals surface area (Å²) in [5, 5.41) is 10.8. The second-order valence-electron chi connectivity index (χ2n) is 8.73. The van der Waals surface area contributed by atoms with Gasteiger partial charge >= 0.3 is 0 Å². The molecule has 2 fully saturated rings. The van der Waals surface area contributed by atoms with Gasteiger partial charge in [0.25, 0.3) is 0 Å². The van der Waals surface area contributed by atoms with Crippen LogP contribution in [0.2, 0.25) is 0 Å². The fourth-order valence-corrected chi connectivity index (χ4v) is 4.76. The van der Waals surface area contributed by atoms with E-state index in [0.717, 1.165) is 49.6 Å². The summed E-state index contributed by atoms with van der Waals surface area (Å²) in [6.45, 7) is 4.79. The summed E-state index contributed by atoms with van der Waals surface area (Å²) >= 11 is 0. The minimum absolute atomic E-state index is 0.308. The Hall–Kier alpha value is -3.10. The summed E-state index contributed by atoms with van der Waals surface area (Å²) in [6, 6.07) is 4.79. The fraction of sp³-hybridized carbons (Fsp3) is 0.522. The zero-order valence-corrected chi connectivity index (χ0v) is 18.3. The van der Waals surface area contributed by atoms with Crippen molar-refractivity contribution in [2.45, 2.75) is 39.0 Å². The average molecular weight is 438 g/mol. The summed E-state index contributed by atoms with van der Waals surface area (Å²) in [5.41, 5.74) is 1.49. The molecule has 32 heavy (non-hydrogen) atoms. The first-order chi connectivity index (χ1) is 15.7. The van der Waals surface area contributed by atoms with E-state index in [4.69, 9.17) is 4.74 Å². The molecule has 1 saturated heterocycles. The van der Waals surface area contributed by atoms with Crippen LogP contribution in [-0.4, -0.2) is 49.9 Å². The van der Waals surface area contributed by atoms with Gasteiger partial charge in [0.1, 0.15) is 17.8 Å². The number of anilines is 1. The minimum atomic E-state index is -0.404. The van der Waals surface area contributed by atoms with E-state index < -0.39 is 5.82 Å². The first kappa shape index (κ1) is 20.8. The third kappa shape index (κ3) is 4.56. The lowest BCUT2D eigenvalue weighted by Gasteiger charge is -2.32. The predicted octanol–water partition coefficient (Wildman–Crippen LogP) is 3.48. The van der Waals surface area contributed by atoms with Crippen molar-refractivity contribution in [3.8, 4) is 11.4 Å². The first-order valence-corrected chi connectivity index (χ1v) is 11.4. The number of nitrogens with zero attached hydrogens (tertiary/aromatic N) is 7. The van der Waals surface area contributed by atoms with Crippen LogP contribution in [0.15, 0.2) is 36.9 Å². The van der Waals surface area contributed by atoms with E-state index >= 15 is 0 Å². The molecule has 0 N–H and O–H groups in total. The zero-order chi connectivity index (χ0) is 21.9. The third-order valence-electron chi connectivity index (χ3n) is 6.78. The van der Waals surface area contributed by atoms with Crippen molar-refractivity contribution in [3.05, 3.63) is 48.3 Å². The van der Waals surface area contributed by atoms with Crippen LogP contribution in [0.25, 0.3) is 5.69 Å². The predicted molar refractivity (Wildman–Crippen MR) is 117 cm³/mol. The quantitative estimate of drug-likeness (QED) is 0.534. The highest BCUT2D eigenvalue weighted by Gasteiger charge is 2.43. The van der Waals surface area contributed by atoms with E-state index in [1.54, 1.807) is 12.1 Å². The van der Waals surface area contributed by atoms with E-state index in [-0.39, 0.29) is 0 Å². The van der Waals surface area contributed by atoms with Crippen molar-refractivity contribution >= 4 is 5.95 Å². The van der Waals surface area contributed by atoms with Crippen LogP contribution in [0, 0.1) is 23.6 Å². The molecule has 0 radical (unpaired) electrons.